The second kappa shape index (κ2) is 18.4. The summed E-state index contributed by atoms with van der Waals surface area (Å²) < 4.78 is 14.2. The van der Waals surface area contributed by atoms with Crippen LogP contribution in [0.4, 0.5) is 4.79 Å². The first kappa shape index (κ1) is 44.6. The first-order chi connectivity index (χ1) is 28.5. The second-order valence-electron chi connectivity index (χ2n) is 17.2. The molecule has 0 unspecified atom stereocenters. The fourth-order valence-corrected chi connectivity index (χ4v) is 9.12. The highest BCUT2D eigenvalue weighted by Gasteiger charge is 2.38. The van der Waals surface area contributed by atoms with E-state index in [4.69, 9.17) is 19.4 Å². The standard InChI is InChI=1S/C44H61N9O6S/c1-12-52-35-18-17-28-21-30(35)31(39(52)29-15-13-19-45-37(29)27(4)58-11)23-44(5,6)25-59-42(56)32-16-14-20-53(48-32)41(55)33(22-36-46-34(28)24-60-36)47-40(54)38(26(2)3)50(9)43(57)51(10)49(7)8/h13,15,17-19,21,24,26-27,32-33,38,48H,12,14,16,20,22-23,25H2,1-11H3,(H,47,54)/t27-,32-,33-,38-/m0/s1. The Kier molecular flexibility index (Phi) is 13.7. The SMILES string of the molecule is CCn1c(-c2cccnc2[C@H](C)OC)c2c3cc(ccc31)-c1csc(n1)C[C@H](NC(=O)[C@H](C(C)C)N(C)C(=O)N(C)N(C)C)C(=O)N1CCC[C@H](N1)C(=O)OCC(C)(C)C2. The highest BCUT2D eigenvalue weighted by atomic mass is 32.1. The number of likely N-dealkylation sites (N-methyl/N-ethyl adjacent to an activating group) is 1. The van der Waals surface area contributed by atoms with Gasteiger partial charge in [0.05, 0.1) is 34.8 Å². The van der Waals surface area contributed by atoms with E-state index in [1.54, 1.807) is 46.5 Å². The maximum absolute atomic E-state index is 14.5. The Balaban J connectivity index is 1.45. The molecule has 0 aliphatic carbocycles. The van der Waals surface area contributed by atoms with Crippen LogP contribution in [0.3, 0.4) is 0 Å². The quantitative estimate of drug-likeness (QED) is 0.159. The maximum Gasteiger partial charge on any atom is 0.334 e. The molecule has 2 N–H and O–H groups in total. The van der Waals surface area contributed by atoms with E-state index in [-0.39, 0.29) is 31.1 Å². The number of cyclic esters (lactones) is 1. The highest BCUT2D eigenvalue weighted by Crippen LogP contribution is 2.42. The average Bonchev–Trinajstić information content (AvgIpc) is 3.82. The van der Waals surface area contributed by atoms with Crippen molar-refractivity contribution < 1.29 is 28.7 Å². The topological polar surface area (TPSA) is 154 Å². The van der Waals surface area contributed by atoms with E-state index in [1.807, 2.05) is 32.2 Å². The van der Waals surface area contributed by atoms with Gasteiger partial charge in [0.25, 0.3) is 5.91 Å². The van der Waals surface area contributed by atoms with Crippen LogP contribution in [0.2, 0.25) is 0 Å². The predicted molar refractivity (Wildman–Crippen MR) is 233 cm³/mol. The third-order valence-electron chi connectivity index (χ3n) is 11.7. The van der Waals surface area contributed by atoms with Gasteiger partial charge in [-0.2, -0.15) is 0 Å². The largest absolute Gasteiger partial charge is 0.464 e. The summed E-state index contributed by atoms with van der Waals surface area (Å²) in [6.07, 6.45) is 3.27. The third-order valence-corrected chi connectivity index (χ3v) is 12.5. The number of carbonyl (C=O) groups excluding carboxylic acids is 4. The number of carbonyl (C=O) groups is 4. The molecule has 3 aromatic heterocycles. The van der Waals surface area contributed by atoms with E-state index in [0.717, 1.165) is 44.7 Å². The number of nitrogens with one attached hydrogen (secondary N) is 2. The lowest BCUT2D eigenvalue weighted by Gasteiger charge is -2.37. The van der Waals surface area contributed by atoms with Crippen molar-refractivity contribution in [1.82, 2.24) is 45.2 Å². The van der Waals surface area contributed by atoms with Gasteiger partial charge in [-0.05, 0) is 68.9 Å². The monoisotopic (exact) mass is 843 g/mol. The molecule has 16 heteroatoms. The first-order valence-corrected chi connectivity index (χ1v) is 21.6. The van der Waals surface area contributed by atoms with Gasteiger partial charge < -0.3 is 24.3 Å². The van der Waals surface area contributed by atoms with Gasteiger partial charge in [0.1, 0.15) is 18.1 Å². The Hall–Kier alpha value is -4.90. The second-order valence-corrected chi connectivity index (χ2v) is 18.2. The van der Waals surface area contributed by atoms with Crippen LogP contribution in [0, 0.1) is 11.3 Å². The summed E-state index contributed by atoms with van der Waals surface area (Å²) in [6.45, 7) is 13.2. The zero-order valence-corrected chi connectivity index (χ0v) is 37.7. The Labute approximate surface area is 357 Å². The molecular weight excluding hydrogens is 783 g/mol. The smallest absolute Gasteiger partial charge is 0.334 e. The van der Waals surface area contributed by atoms with Gasteiger partial charge in [-0.3, -0.25) is 29.4 Å². The Morgan fingerprint density at radius 2 is 1.88 bits per heavy atom. The molecular formula is C44H61N9O6S. The summed E-state index contributed by atoms with van der Waals surface area (Å²) in [6, 6.07) is 7.36. The van der Waals surface area contributed by atoms with Crippen LogP contribution in [0.25, 0.3) is 33.4 Å². The highest BCUT2D eigenvalue weighted by molar-refractivity contribution is 7.10. The van der Waals surface area contributed by atoms with E-state index in [9.17, 15) is 19.2 Å². The first-order valence-electron chi connectivity index (χ1n) is 20.8. The van der Waals surface area contributed by atoms with Gasteiger partial charge in [0.2, 0.25) is 5.91 Å². The lowest BCUT2D eigenvalue weighted by molar-refractivity contribution is -0.155. The van der Waals surface area contributed by atoms with Crippen molar-refractivity contribution in [2.24, 2.45) is 11.3 Å². The summed E-state index contributed by atoms with van der Waals surface area (Å²) in [5, 5.41) is 11.2. The van der Waals surface area contributed by atoms with Crippen molar-refractivity contribution >= 4 is 46.1 Å². The van der Waals surface area contributed by atoms with Gasteiger partial charge in [-0.15, -0.1) is 11.3 Å². The number of pyridine rings is 1. The van der Waals surface area contributed by atoms with Crippen LogP contribution >= 0.6 is 11.3 Å². The number of thiazole rings is 1. The Morgan fingerprint density at radius 1 is 1.13 bits per heavy atom. The van der Waals surface area contributed by atoms with Crippen molar-refractivity contribution in [2.45, 2.75) is 98.0 Å². The number of urea groups is 1. The van der Waals surface area contributed by atoms with Crippen LogP contribution < -0.4 is 10.7 Å². The lowest BCUT2D eigenvalue weighted by atomic mass is 9.84. The molecule has 2 aliphatic rings. The molecule has 4 amide bonds. The molecule has 4 aromatic rings. The molecule has 1 saturated heterocycles. The summed E-state index contributed by atoms with van der Waals surface area (Å²) in [7, 11) is 8.39. The van der Waals surface area contributed by atoms with Crippen LogP contribution in [0.15, 0.2) is 41.9 Å². The minimum atomic E-state index is -1.05. The normalized spacial score (nSPS) is 19.5. The van der Waals surface area contributed by atoms with Gasteiger partial charge in [-0.25, -0.2) is 20.2 Å². The Morgan fingerprint density at radius 3 is 2.57 bits per heavy atom. The van der Waals surface area contributed by atoms with E-state index in [1.165, 1.54) is 26.3 Å². The van der Waals surface area contributed by atoms with E-state index in [0.29, 0.717) is 37.4 Å². The number of amides is 4. The predicted octanol–water partition coefficient (Wildman–Crippen LogP) is 5.69. The van der Waals surface area contributed by atoms with Crippen molar-refractivity contribution in [1.29, 1.82) is 0 Å². The van der Waals surface area contributed by atoms with Gasteiger partial charge in [0.15, 0.2) is 0 Å². The maximum atomic E-state index is 14.5. The van der Waals surface area contributed by atoms with Crippen LogP contribution in [-0.2, 0) is 43.2 Å². The number of nitrogens with zero attached hydrogens (tertiary/aromatic N) is 7. The molecule has 4 atom stereocenters. The lowest BCUT2D eigenvalue weighted by Crippen LogP contribution is -2.62. The molecule has 5 heterocycles. The number of ether oxygens (including phenoxy) is 2. The van der Waals surface area contributed by atoms with Crippen molar-refractivity contribution in [3.63, 3.8) is 0 Å². The van der Waals surface area contributed by atoms with Crippen molar-refractivity contribution in [3.8, 4) is 22.5 Å². The zero-order chi connectivity index (χ0) is 43.6. The molecule has 2 aliphatic heterocycles. The molecule has 6 rings (SSSR count). The molecule has 6 bridgehead atoms. The van der Waals surface area contributed by atoms with E-state index in [2.05, 4.69) is 60.3 Å². The molecule has 0 radical (unpaired) electrons. The van der Waals surface area contributed by atoms with Crippen LogP contribution in [-0.4, -0.2) is 125 Å². The third kappa shape index (κ3) is 9.21. The number of aromatic nitrogens is 3. The molecule has 0 spiro atoms. The molecule has 15 nitrogen and oxygen atoms in total. The number of methoxy groups -OCH3 is 1. The van der Waals surface area contributed by atoms with Crippen LogP contribution in [0.1, 0.15) is 76.8 Å². The van der Waals surface area contributed by atoms with Crippen molar-refractivity contribution in [2.75, 3.05) is 48.5 Å². The molecule has 1 aromatic carbocycles. The van der Waals surface area contributed by atoms with E-state index < -0.39 is 41.3 Å². The molecule has 0 saturated carbocycles. The molecule has 324 valence electrons. The van der Waals surface area contributed by atoms with E-state index >= 15 is 0 Å². The minimum Gasteiger partial charge on any atom is -0.464 e. The Bertz CT molecular complexity index is 2220. The number of benzene rings is 1. The summed E-state index contributed by atoms with van der Waals surface area (Å²) >= 11 is 1.42. The summed E-state index contributed by atoms with van der Waals surface area (Å²) in [5.74, 6) is -1.59. The number of hydrogen-bond donors (Lipinski definition) is 2. The number of fused-ring (bicyclic) bond motifs is 6. The average molecular weight is 844 g/mol. The number of hydrazine groups is 2. The van der Waals surface area contributed by atoms with Crippen molar-refractivity contribution in [3.05, 3.63) is 58.2 Å². The number of esters is 1. The van der Waals surface area contributed by atoms with Gasteiger partial charge >= 0.3 is 12.0 Å². The fourth-order valence-electron chi connectivity index (χ4n) is 8.27. The zero-order valence-electron chi connectivity index (χ0n) is 36.9. The molecule has 60 heavy (non-hydrogen) atoms. The molecule has 1 fully saturated rings. The number of hydrogen-bond acceptors (Lipinski definition) is 11. The minimum absolute atomic E-state index is 0.0993. The summed E-state index contributed by atoms with van der Waals surface area (Å²) in [5.41, 5.74) is 9.34. The number of rotatable bonds is 9. The van der Waals surface area contributed by atoms with Crippen LogP contribution in [0.5, 0.6) is 0 Å². The van der Waals surface area contributed by atoms with Gasteiger partial charge in [-0.1, -0.05) is 33.8 Å². The van der Waals surface area contributed by atoms with Gasteiger partial charge in [0, 0.05) is 93.8 Å². The fraction of sp³-hybridized carbons (Fsp3) is 0.545. The summed E-state index contributed by atoms with van der Waals surface area (Å²) in [4.78, 5) is 67.1. The number of aryl methyl sites for hydroxylation is 1.